The number of aliphatic hydroxyl groups is 1. The molecule has 5 nitrogen and oxygen atoms in total. The molecule has 24 heavy (non-hydrogen) atoms. The molecule has 1 fully saturated rings. The summed E-state index contributed by atoms with van der Waals surface area (Å²) in [6, 6.07) is 8.52. The highest BCUT2D eigenvalue weighted by atomic mass is 16.5. The van der Waals surface area contributed by atoms with Crippen LogP contribution in [-0.4, -0.2) is 59.6 Å². The van der Waals surface area contributed by atoms with E-state index >= 15 is 0 Å². The number of ether oxygens (including phenoxy) is 1. The number of benzene rings is 1. The Morgan fingerprint density at radius 1 is 1.25 bits per heavy atom. The van der Waals surface area contributed by atoms with Crippen LogP contribution in [0.5, 0.6) is 5.75 Å². The molecule has 130 valence electrons. The molecule has 0 aliphatic carbocycles. The highest BCUT2D eigenvalue weighted by Crippen LogP contribution is 2.29. The Morgan fingerprint density at radius 3 is 2.58 bits per heavy atom. The van der Waals surface area contributed by atoms with Crippen LogP contribution in [0.2, 0.25) is 0 Å². The molecule has 0 bridgehead atoms. The Hall–Kier alpha value is -1.85. The highest BCUT2D eigenvalue weighted by Gasteiger charge is 2.34. The fraction of sp³-hybridized carbons (Fsp3) is 0.526. The fourth-order valence-corrected chi connectivity index (χ4v) is 3.52. The summed E-state index contributed by atoms with van der Waals surface area (Å²) in [6.07, 6.45) is 0. The van der Waals surface area contributed by atoms with Gasteiger partial charge in [0.15, 0.2) is 0 Å². The maximum absolute atomic E-state index is 9.87. The lowest BCUT2D eigenvalue weighted by Crippen LogP contribution is -2.55. The largest absolute Gasteiger partial charge is 0.497 e. The van der Waals surface area contributed by atoms with Crippen LogP contribution in [0.25, 0.3) is 0 Å². The van der Waals surface area contributed by atoms with E-state index in [9.17, 15) is 5.11 Å². The van der Waals surface area contributed by atoms with Crippen molar-refractivity contribution in [2.24, 2.45) is 4.99 Å². The van der Waals surface area contributed by atoms with Gasteiger partial charge in [-0.05, 0) is 44.0 Å². The average Bonchev–Trinajstić information content (AvgIpc) is 2.60. The fourth-order valence-electron chi connectivity index (χ4n) is 3.52. The van der Waals surface area contributed by atoms with Crippen LogP contribution in [0.15, 0.2) is 40.5 Å². The Balaban J connectivity index is 1.81. The van der Waals surface area contributed by atoms with Crippen LogP contribution in [-0.2, 0) is 6.54 Å². The molecule has 1 aromatic carbocycles. The van der Waals surface area contributed by atoms with Crippen LogP contribution in [0.1, 0.15) is 26.3 Å². The third kappa shape index (κ3) is 3.19. The quantitative estimate of drug-likeness (QED) is 0.921. The molecule has 2 heterocycles. The predicted octanol–water partition coefficient (Wildman–Crippen LogP) is 2.27. The van der Waals surface area contributed by atoms with Crippen molar-refractivity contribution in [3.05, 3.63) is 41.1 Å². The van der Waals surface area contributed by atoms with E-state index in [1.165, 1.54) is 16.8 Å². The summed E-state index contributed by atoms with van der Waals surface area (Å²) >= 11 is 0. The van der Waals surface area contributed by atoms with E-state index < -0.39 is 0 Å². The summed E-state index contributed by atoms with van der Waals surface area (Å²) in [7, 11) is 1.68. The molecule has 5 heteroatoms. The first-order valence-corrected chi connectivity index (χ1v) is 8.53. The Morgan fingerprint density at radius 2 is 1.96 bits per heavy atom. The third-order valence-corrected chi connectivity index (χ3v) is 5.20. The number of fused-ring (bicyclic) bond motifs is 1. The second kappa shape index (κ2) is 6.95. The number of aliphatic imine (C=N–C) groups is 1. The SMILES string of the molecule is COc1ccc(CN2CC3=C(C)[C@H](C)N=C(C)N3C[C@@H]2CO)cc1. The monoisotopic (exact) mass is 329 g/mol. The molecule has 1 aromatic rings. The first kappa shape index (κ1) is 17.0. The van der Waals surface area contributed by atoms with Gasteiger partial charge in [-0.1, -0.05) is 12.1 Å². The minimum Gasteiger partial charge on any atom is -0.497 e. The topological polar surface area (TPSA) is 48.3 Å². The van der Waals surface area contributed by atoms with Gasteiger partial charge >= 0.3 is 0 Å². The van der Waals surface area contributed by atoms with Gasteiger partial charge in [-0.3, -0.25) is 9.89 Å². The lowest BCUT2D eigenvalue weighted by Gasteiger charge is -2.46. The Bertz CT molecular complexity index is 651. The van der Waals surface area contributed by atoms with Crippen molar-refractivity contribution < 1.29 is 9.84 Å². The molecule has 2 atom stereocenters. The molecule has 1 N–H and O–H groups in total. The highest BCUT2D eigenvalue weighted by molar-refractivity contribution is 5.83. The van der Waals surface area contributed by atoms with Crippen molar-refractivity contribution in [2.45, 2.75) is 39.4 Å². The minimum atomic E-state index is 0.113. The van der Waals surface area contributed by atoms with Gasteiger partial charge < -0.3 is 14.7 Å². The van der Waals surface area contributed by atoms with Crippen LogP contribution in [0.4, 0.5) is 0 Å². The van der Waals surface area contributed by atoms with Gasteiger partial charge in [0, 0.05) is 25.3 Å². The van der Waals surface area contributed by atoms with E-state index in [0.29, 0.717) is 0 Å². The summed E-state index contributed by atoms with van der Waals surface area (Å²) in [5.74, 6) is 1.93. The first-order chi connectivity index (χ1) is 11.5. The number of aliphatic hydroxyl groups excluding tert-OH is 1. The van der Waals surface area contributed by atoms with E-state index in [4.69, 9.17) is 9.73 Å². The lowest BCUT2D eigenvalue weighted by atomic mass is 10.00. The molecular formula is C19H27N3O2. The summed E-state index contributed by atoms with van der Waals surface area (Å²) < 4.78 is 5.23. The number of hydrogen-bond donors (Lipinski definition) is 1. The standard InChI is InChI=1S/C19H27N3O2/c1-13-14(2)20-15(3)22-10-17(12-23)21(11-19(13)22)9-16-5-7-18(24-4)8-6-16/h5-8,14,17,23H,9-12H2,1-4H3/t14-,17+/m0/s1. The van der Waals surface area contributed by atoms with Gasteiger partial charge in [0.2, 0.25) is 0 Å². The molecule has 1 saturated heterocycles. The first-order valence-electron chi connectivity index (χ1n) is 8.53. The summed E-state index contributed by atoms with van der Waals surface area (Å²) in [5, 5.41) is 9.87. The molecule has 0 aromatic heterocycles. The van der Waals surface area contributed by atoms with Crippen molar-refractivity contribution in [1.29, 1.82) is 0 Å². The van der Waals surface area contributed by atoms with E-state index in [1.54, 1.807) is 7.11 Å². The normalized spacial score (nSPS) is 24.7. The van der Waals surface area contributed by atoms with Crippen molar-refractivity contribution in [3.63, 3.8) is 0 Å². The lowest BCUT2D eigenvalue weighted by molar-refractivity contribution is 0.0794. The maximum atomic E-state index is 9.87. The molecule has 2 aliphatic heterocycles. The average molecular weight is 329 g/mol. The van der Waals surface area contributed by atoms with Crippen LogP contribution in [0, 0.1) is 0 Å². The molecular weight excluding hydrogens is 302 g/mol. The summed E-state index contributed by atoms with van der Waals surface area (Å²) in [5.41, 5.74) is 3.90. The predicted molar refractivity (Wildman–Crippen MR) is 96.3 cm³/mol. The van der Waals surface area contributed by atoms with E-state index in [1.807, 2.05) is 12.1 Å². The maximum Gasteiger partial charge on any atom is 0.118 e. The number of hydrogen-bond acceptors (Lipinski definition) is 5. The van der Waals surface area contributed by atoms with E-state index in [-0.39, 0.29) is 18.7 Å². The van der Waals surface area contributed by atoms with Gasteiger partial charge in [0.25, 0.3) is 0 Å². The van der Waals surface area contributed by atoms with Crippen molar-refractivity contribution >= 4 is 5.84 Å². The number of rotatable bonds is 4. The minimum absolute atomic E-state index is 0.113. The number of nitrogens with zero attached hydrogens (tertiary/aromatic N) is 3. The van der Waals surface area contributed by atoms with Crippen molar-refractivity contribution in [2.75, 3.05) is 26.8 Å². The van der Waals surface area contributed by atoms with Crippen LogP contribution in [0.3, 0.4) is 0 Å². The smallest absolute Gasteiger partial charge is 0.118 e. The number of methoxy groups -OCH3 is 1. The van der Waals surface area contributed by atoms with Crippen LogP contribution < -0.4 is 4.74 Å². The van der Waals surface area contributed by atoms with Crippen molar-refractivity contribution in [1.82, 2.24) is 9.80 Å². The summed E-state index contributed by atoms with van der Waals surface area (Å²) in [4.78, 5) is 9.36. The van der Waals surface area contributed by atoms with Gasteiger partial charge in [-0.2, -0.15) is 0 Å². The molecule has 0 radical (unpaired) electrons. The van der Waals surface area contributed by atoms with Gasteiger partial charge in [-0.15, -0.1) is 0 Å². The zero-order valence-corrected chi connectivity index (χ0v) is 15.0. The molecule has 0 unspecified atom stereocenters. The van der Waals surface area contributed by atoms with Crippen LogP contribution >= 0.6 is 0 Å². The Labute approximate surface area is 144 Å². The second-order valence-corrected chi connectivity index (χ2v) is 6.68. The molecule has 0 spiro atoms. The molecule has 2 aliphatic rings. The van der Waals surface area contributed by atoms with E-state index in [2.05, 4.69) is 42.7 Å². The number of piperazine rings is 1. The molecule has 0 amide bonds. The van der Waals surface area contributed by atoms with Gasteiger partial charge in [-0.25, -0.2) is 0 Å². The summed E-state index contributed by atoms with van der Waals surface area (Å²) in [6.45, 7) is 9.01. The zero-order chi connectivity index (χ0) is 17.3. The molecule has 3 rings (SSSR count). The zero-order valence-electron chi connectivity index (χ0n) is 15.0. The third-order valence-electron chi connectivity index (χ3n) is 5.20. The molecule has 0 saturated carbocycles. The van der Waals surface area contributed by atoms with Gasteiger partial charge in [0.1, 0.15) is 11.6 Å². The van der Waals surface area contributed by atoms with Crippen molar-refractivity contribution in [3.8, 4) is 5.75 Å². The van der Waals surface area contributed by atoms with Gasteiger partial charge in [0.05, 0.1) is 25.8 Å². The number of amidine groups is 1. The second-order valence-electron chi connectivity index (χ2n) is 6.68. The Kier molecular flexibility index (Phi) is 4.92. The van der Waals surface area contributed by atoms with E-state index in [0.717, 1.165) is 31.2 Å².